The van der Waals surface area contributed by atoms with E-state index in [4.69, 9.17) is 0 Å². The van der Waals surface area contributed by atoms with Crippen molar-refractivity contribution in [1.82, 2.24) is 4.90 Å². The molecule has 4 nitrogen and oxygen atoms in total. The quantitative estimate of drug-likeness (QED) is 0.595. The van der Waals surface area contributed by atoms with Crippen LogP contribution in [0.5, 0.6) is 0 Å². The van der Waals surface area contributed by atoms with Gasteiger partial charge in [0.1, 0.15) is 5.78 Å². The standard InChI is InChI=1S/C26H26N2O2/c1-18-10-9-15-22(16-18)27-26(30)28-23(20-11-5-3-6-12-20)17-24(29)19(2)25(28)21-13-7-4-8-14-21/h3-16,19,23,25H,17H2,1-2H3,(H,27,30)/t19-,23-,25-/m1/s1. The van der Waals surface area contributed by atoms with Crippen molar-refractivity contribution in [3.05, 3.63) is 102 Å². The van der Waals surface area contributed by atoms with Crippen molar-refractivity contribution in [3.8, 4) is 0 Å². The van der Waals surface area contributed by atoms with Gasteiger partial charge < -0.3 is 10.2 Å². The minimum absolute atomic E-state index is 0.178. The van der Waals surface area contributed by atoms with Crippen molar-refractivity contribution in [2.75, 3.05) is 5.32 Å². The highest BCUT2D eigenvalue weighted by Crippen LogP contribution is 2.43. The van der Waals surface area contributed by atoms with E-state index in [9.17, 15) is 9.59 Å². The van der Waals surface area contributed by atoms with Crippen LogP contribution in [0.4, 0.5) is 10.5 Å². The molecular weight excluding hydrogens is 372 g/mol. The first-order valence-corrected chi connectivity index (χ1v) is 10.3. The fraction of sp³-hybridized carbons (Fsp3) is 0.231. The Morgan fingerprint density at radius 3 is 2.17 bits per heavy atom. The summed E-state index contributed by atoms with van der Waals surface area (Å²) >= 11 is 0. The maximum Gasteiger partial charge on any atom is 0.322 e. The van der Waals surface area contributed by atoms with Gasteiger partial charge in [-0.2, -0.15) is 0 Å². The number of hydrogen-bond donors (Lipinski definition) is 1. The van der Waals surface area contributed by atoms with E-state index in [1.165, 1.54) is 0 Å². The number of rotatable bonds is 3. The Bertz CT molecular complexity index is 1030. The third-order valence-electron chi connectivity index (χ3n) is 5.84. The van der Waals surface area contributed by atoms with Crippen LogP contribution in [0, 0.1) is 12.8 Å². The predicted molar refractivity (Wildman–Crippen MR) is 119 cm³/mol. The van der Waals surface area contributed by atoms with Crippen LogP contribution < -0.4 is 5.32 Å². The summed E-state index contributed by atoms with van der Waals surface area (Å²) in [6.45, 7) is 3.92. The minimum Gasteiger partial charge on any atom is -0.309 e. The molecule has 1 saturated heterocycles. The Morgan fingerprint density at radius 2 is 1.53 bits per heavy atom. The number of urea groups is 1. The summed E-state index contributed by atoms with van der Waals surface area (Å²) in [4.78, 5) is 28.4. The molecule has 0 saturated carbocycles. The lowest BCUT2D eigenvalue weighted by Gasteiger charge is -2.45. The van der Waals surface area contributed by atoms with E-state index in [0.29, 0.717) is 6.42 Å². The normalized spacial score (nSPS) is 21.3. The number of piperidine rings is 1. The number of aryl methyl sites for hydroxylation is 1. The SMILES string of the molecule is Cc1cccc(NC(=O)N2[C@@H](c3ccccc3)CC(=O)[C@@H](C)[C@@H]2c2ccccc2)c1. The average Bonchev–Trinajstić information content (AvgIpc) is 2.76. The largest absolute Gasteiger partial charge is 0.322 e. The molecule has 1 aliphatic rings. The second-order valence-corrected chi connectivity index (χ2v) is 7.95. The third kappa shape index (κ3) is 3.99. The highest BCUT2D eigenvalue weighted by Gasteiger charge is 2.44. The zero-order chi connectivity index (χ0) is 21.1. The molecule has 3 aromatic carbocycles. The summed E-state index contributed by atoms with van der Waals surface area (Å²) < 4.78 is 0. The molecule has 1 aliphatic heterocycles. The van der Waals surface area contributed by atoms with E-state index in [1.54, 1.807) is 0 Å². The summed E-state index contributed by atoms with van der Waals surface area (Å²) in [6, 6.07) is 26.6. The van der Waals surface area contributed by atoms with Crippen molar-refractivity contribution < 1.29 is 9.59 Å². The Hall–Kier alpha value is -3.40. The maximum absolute atomic E-state index is 13.6. The minimum atomic E-state index is -0.331. The van der Waals surface area contributed by atoms with Crippen LogP contribution in [0.1, 0.15) is 42.1 Å². The van der Waals surface area contributed by atoms with E-state index in [-0.39, 0.29) is 29.8 Å². The van der Waals surface area contributed by atoms with Gasteiger partial charge in [0.05, 0.1) is 12.1 Å². The van der Waals surface area contributed by atoms with Crippen molar-refractivity contribution in [2.45, 2.75) is 32.4 Å². The van der Waals surface area contributed by atoms with Crippen molar-refractivity contribution in [2.24, 2.45) is 5.92 Å². The van der Waals surface area contributed by atoms with Crippen LogP contribution in [0.25, 0.3) is 0 Å². The number of benzene rings is 3. The fourth-order valence-electron chi connectivity index (χ4n) is 4.32. The van der Waals surface area contributed by atoms with Gasteiger partial charge in [-0.15, -0.1) is 0 Å². The summed E-state index contributed by atoms with van der Waals surface area (Å²) in [5.74, 6) is -0.104. The Morgan fingerprint density at radius 1 is 0.900 bits per heavy atom. The van der Waals surface area contributed by atoms with Crippen LogP contribution in [0.2, 0.25) is 0 Å². The first-order valence-electron chi connectivity index (χ1n) is 10.3. The van der Waals surface area contributed by atoms with E-state index in [1.807, 2.05) is 104 Å². The summed E-state index contributed by atoms with van der Waals surface area (Å²) in [7, 11) is 0. The molecule has 1 fully saturated rings. The topological polar surface area (TPSA) is 49.4 Å². The molecule has 152 valence electrons. The molecule has 0 aromatic heterocycles. The van der Waals surface area contributed by atoms with E-state index < -0.39 is 0 Å². The first kappa shape index (κ1) is 19.9. The van der Waals surface area contributed by atoms with Gasteiger partial charge in [0.25, 0.3) is 0 Å². The van der Waals surface area contributed by atoms with Crippen LogP contribution in [-0.2, 0) is 4.79 Å². The smallest absolute Gasteiger partial charge is 0.309 e. The molecule has 30 heavy (non-hydrogen) atoms. The number of ketones is 1. The molecule has 4 heteroatoms. The number of nitrogens with one attached hydrogen (secondary N) is 1. The van der Waals surface area contributed by atoms with Gasteiger partial charge in [-0.25, -0.2) is 4.79 Å². The number of hydrogen-bond acceptors (Lipinski definition) is 2. The second kappa shape index (κ2) is 8.54. The van der Waals surface area contributed by atoms with Gasteiger partial charge in [0, 0.05) is 18.0 Å². The number of amides is 2. The van der Waals surface area contributed by atoms with E-state index in [0.717, 1.165) is 22.4 Å². The van der Waals surface area contributed by atoms with Crippen molar-refractivity contribution in [1.29, 1.82) is 0 Å². The highest BCUT2D eigenvalue weighted by atomic mass is 16.2. The van der Waals surface area contributed by atoms with Crippen LogP contribution in [-0.4, -0.2) is 16.7 Å². The molecule has 0 spiro atoms. The molecule has 0 unspecified atom stereocenters. The fourth-order valence-corrected chi connectivity index (χ4v) is 4.32. The lowest BCUT2D eigenvalue weighted by molar-refractivity contribution is -0.129. The van der Waals surface area contributed by atoms with Gasteiger partial charge in [0.15, 0.2) is 0 Å². The zero-order valence-corrected chi connectivity index (χ0v) is 17.3. The molecule has 1 N–H and O–H groups in total. The van der Waals surface area contributed by atoms with Gasteiger partial charge in [-0.3, -0.25) is 4.79 Å². The number of nitrogens with zero attached hydrogens (tertiary/aromatic N) is 1. The van der Waals surface area contributed by atoms with Crippen LogP contribution in [0.3, 0.4) is 0 Å². The Labute approximate surface area is 177 Å². The molecule has 3 atom stereocenters. The molecule has 0 radical (unpaired) electrons. The molecule has 3 aromatic rings. The molecular formula is C26H26N2O2. The Balaban J connectivity index is 1.77. The molecule has 4 rings (SSSR count). The molecule has 0 aliphatic carbocycles. The van der Waals surface area contributed by atoms with Crippen molar-refractivity contribution in [3.63, 3.8) is 0 Å². The molecule has 0 bridgehead atoms. The number of anilines is 1. The van der Waals surface area contributed by atoms with Crippen molar-refractivity contribution >= 4 is 17.5 Å². The number of Topliss-reactive ketones (excluding diaryl/α,β-unsaturated/α-hetero) is 1. The average molecular weight is 399 g/mol. The van der Waals surface area contributed by atoms with Gasteiger partial charge >= 0.3 is 6.03 Å². The number of likely N-dealkylation sites (tertiary alicyclic amines) is 1. The Kier molecular flexibility index (Phi) is 5.66. The monoisotopic (exact) mass is 398 g/mol. The summed E-state index contributed by atoms with van der Waals surface area (Å²) in [5, 5.41) is 3.06. The highest BCUT2D eigenvalue weighted by molar-refractivity contribution is 5.93. The third-order valence-corrected chi connectivity index (χ3v) is 5.84. The lowest BCUT2D eigenvalue weighted by Crippen LogP contribution is -2.49. The summed E-state index contributed by atoms with van der Waals surface area (Å²) in [5.41, 5.74) is 3.77. The summed E-state index contributed by atoms with van der Waals surface area (Å²) in [6.07, 6.45) is 0.315. The molecule has 1 heterocycles. The number of carbonyl (C=O) groups excluding carboxylic acids is 2. The van der Waals surface area contributed by atoms with E-state index in [2.05, 4.69) is 5.32 Å². The molecule has 2 amide bonds. The van der Waals surface area contributed by atoms with E-state index >= 15 is 0 Å². The number of carbonyl (C=O) groups is 2. The van der Waals surface area contributed by atoms with Gasteiger partial charge in [0.2, 0.25) is 0 Å². The van der Waals surface area contributed by atoms with Crippen LogP contribution >= 0.6 is 0 Å². The predicted octanol–water partition coefficient (Wildman–Crippen LogP) is 5.92. The van der Waals surface area contributed by atoms with Gasteiger partial charge in [-0.05, 0) is 35.7 Å². The lowest BCUT2D eigenvalue weighted by atomic mass is 9.80. The second-order valence-electron chi connectivity index (χ2n) is 7.95. The van der Waals surface area contributed by atoms with Gasteiger partial charge in [-0.1, -0.05) is 79.7 Å². The maximum atomic E-state index is 13.6. The van der Waals surface area contributed by atoms with Crippen LogP contribution in [0.15, 0.2) is 84.9 Å². The first-order chi connectivity index (χ1) is 14.5. The zero-order valence-electron chi connectivity index (χ0n) is 17.3.